The lowest BCUT2D eigenvalue weighted by molar-refractivity contribution is 0.0901. The second-order valence-electron chi connectivity index (χ2n) is 5.18. The van der Waals surface area contributed by atoms with E-state index < -0.39 is 0 Å². The summed E-state index contributed by atoms with van der Waals surface area (Å²) in [5, 5.41) is 10.2. The second-order valence-corrected chi connectivity index (χ2v) is 5.18. The minimum atomic E-state index is -0.130. The first-order valence-electron chi connectivity index (χ1n) is 6.94. The Labute approximate surface area is 104 Å². The van der Waals surface area contributed by atoms with E-state index in [1.54, 1.807) is 0 Å². The lowest BCUT2D eigenvalue weighted by Gasteiger charge is -2.20. The SMILES string of the molecule is OC(CCc1ccccn1)C1CCCCCC1. The zero-order valence-corrected chi connectivity index (χ0v) is 10.5. The maximum absolute atomic E-state index is 10.2. The lowest BCUT2D eigenvalue weighted by Crippen LogP contribution is -2.20. The molecule has 2 nitrogen and oxygen atoms in total. The van der Waals surface area contributed by atoms with E-state index in [0.717, 1.165) is 18.5 Å². The van der Waals surface area contributed by atoms with Gasteiger partial charge in [0.1, 0.15) is 0 Å². The Balaban J connectivity index is 1.78. The van der Waals surface area contributed by atoms with Crippen molar-refractivity contribution in [1.82, 2.24) is 4.98 Å². The normalized spacial score (nSPS) is 19.8. The quantitative estimate of drug-likeness (QED) is 0.809. The van der Waals surface area contributed by atoms with Crippen molar-refractivity contribution in [2.75, 3.05) is 0 Å². The molecule has 1 N–H and O–H groups in total. The van der Waals surface area contributed by atoms with E-state index in [1.807, 2.05) is 24.4 Å². The maximum atomic E-state index is 10.2. The summed E-state index contributed by atoms with van der Waals surface area (Å²) < 4.78 is 0. The van der Waals surface area contributed by atoms with Gasteiger partial charge in [0.25, 0.3) is 0 Å². The van der Waals surface area contributed by atoms with Crippen molar-refractivity contribution in [2.45, 2.75) is 57.5 Å². The summed E-state index contributed by atoms with van der Waals surface area (Å²) in [5.74, 6) is 0.529. The molecule has 0 radical (unpaired) electrons. The molecular weight excluding hydrogens is 210 g/mol. The highest BCUT2D eigenvalue weighted by atomic mass is 16.3. The van der Waals surface area contributed by atoms with Crippen LogP contribution >= 0.6 is 0 Å². The highest BCUT2D eigenvalue weighted by Gasteiger charge is 2.20. The predicted octanol–water partition coefficient (Wildman–Crippen LogP) is 3.35. The molecule has 0 aliphatic heterocycles. The molecule has 1 aromatic rings. The minimum absolute atomic E-state index is 0.130. The molecule has 1 aromatic heterocycles. The van der Waals surface area contributed by atoms with Crippen molar-refractivity contribution in [1.29, 1.82) is 0 Å². The lowest BCUT2D eigenvalue weighted by atomic mass is 9.91. The second kappa shape index (κ2) is 6.75. The Hall–Kier alpha value is -0.890. The molecule has 94 valence electrons. The fourth-order valence-corrected chi connectivity index (χ4v) is 2.77. The number of nitrogens with zero attached hydrogens (tertiary/aromatic N) is 1. The number of hydrogen-bond acceptors (Lipinski definition) is 2. The van der Waals surface area contributed by atoms with E-state index in [4.69, 9.17) is 0 Å². The Kier molecular flexibility index (Phi) is 4.99. The topological polar surface area (TPSA) is 33.1 Å². The summed E-state index contributed by atoms with van der Waals surface area (Å²) in [7, 11) is 0. The number of hydrogen-bond donors (Lipinski definition) is 1. The van der Waals surface area contributed by atoms with Gasteiger partial charge >= 0.3 is 0 Å². The number of aromatic nitrogens is 1. The van der Waals surface area contributed by atoms with Crippen molar-refractivity contribution in [3.05, 3.63) is 30.1 Å². The molecule has 0 bridgehead atoms. The third-order valence-electron chi connectivity index (χ3n) is 3.87. The first-order valence-corrected chi connectivity index (χ1v) is 6.94. The molecule has 2 rings (SSSR count). The van der Waals surface area contributed by atoms with Crippen LogP contribution in [0.3, 0.4) is 0 Å². The van der Waals surface area contributed by atoms with Gasteiger partial charge in [0.15, 0.2) is 0 Å². The molecular formula is C15H23NO. The molecule has 2 heteroatoms. The molecule has 0 saturated heterocycles. The molecule has 1 heterocycles. The first-order chi connectivity index (χ1) is 8.36. The Morgan fingerprint density at radius 2 is 1.94 bits per heavy atom. The van der Waals surface area contributed by atoms with Crippen molar-refractivity contribution in [3.8, 4) is 0 Å². The van der Waals surface area contributed by atoms with Gasteiger partial charge in [0.05, 0.1) is 6.10 Å². The van der Waals surface area contributed by atoms with Crippen molar-refractivity contribution >= 4 is 0 Å². The van der Waals surface area contributed by atoms with E-state index in [1.165, 1.54) is 38.5 Å². The average Bonchev–Trinajstić information content (AvgIpc) is 2.66. The van der Waals surface area contributed by atoms with Crippen LogP contribution in [0.2, 0.25) is 0 Å². The van der Waals surface area contributed by atoms with E-state index in [-0.39, 0.29) is 6.10 Å². The van der Waals surface area contributed by atoms with Gasteiger partial charge in [0, 0.05) is 11.9 Å². The molecule has 0 amide bonds. The van der Waals surface area contributed by atoms with Crippen LogP contribution < -0.4 is 0 Å². The maximum Gasteiger partial charge on any atom is 0.0572 e. The number of aryl methyl sites for hydroxylation is 1. The van der Waals surface area contributed by atoms with Crippen molar-refractivity contribution in [3.63, 3.8) is 0 Å². The number of aliphatic hydroxyl groups is 1. The molecule has 1 unspecified atom stereocenters. The summed E-state index contributed by atoms with van der Waals surface area (Å²) in [4.78, 5) is 4.30. The summed E-state index contributed by atoms with van der Waals surface area (Å²) in [5.41, 5.74) is 1.10. The zero-order valence-electron chi connectivity index (χ0n) is 10.5. The van der Waals surface area contributed by atoms with Crippen LogP contribution in [-0.2, 0) is 6.42 Å². The van der Waals surface area contributed by atoms with Crippen LogP contribution in [0.5, 0.6) is 0 Å². The molecule has 1 aliphatic rings. The third-order valence-corrected chi connectivity index (χ3v) is 3.87. The van der Waals surface area contributed by atoms with Gasteiger partial charge in [-0.05, 0) is 43.7 Å². The molecule has 17 heavy (non-hydrogen) atoms. The average molecular weight is 233 g/mol. The van der Waals surface area contributed by atoms with Crippen LogP contribution in [0.4, 0.5) is 0 Å². The van der Waals surface area contributed by atoms with Crippen molar-refractivity contribution < 1.29 is 5.11 Å². The standard InChI is InChI=1S/C15H23NO/c17-15(13-7-3-1-2-4-8-13)11-10-14-9-5-6-12-16-14/h5-6,9,12-13,15,17H,1-4,7-8,10-11H2. The summed E-state index contributed by atoms with van der Waals surface area (Å²) in [6, 6.07) is 5.99. The van der Waals surface area contributed by atoms with Crippen LogP contribution in [0.15, 0.2) is 24.4 Å². The van der Waals surface area contributed by atoms with Crippen LogP contribution in [0, 0.1) is 5.92 Å². The molecule has 0 aromatic carbocycles. The molecule has 1 atom stereocenters. The number of pyridine rings is 1. The number of aliphatic hydroxyl groups excluding tert-OH is 1. The van der Waals surface area contributed by atoms with E-state index >= 15 is 0 Å². The van der Waals surface area contributed by atoms with Crippen molar-refractivity contribution in [2.24, 2.45) is 5.92 Å². The molecule has 1 aliphatic carbocycles. The van der Waals surface area contributed by atoms with Gasteiger partial charge < -0.3 is 5.11 Å². The van der Waals surface area contributed by atoms with Gasteiger partial charge in [-0.25, -0.2) is 0 Å². The van der Waals surface area contributed by atoms with Gasteiger partial charge in [-0.1, -0.05) is 31.7 Å². The van der Waals surface area contributed by atoms with Crippen LogP contribution in [-0.4, -0.2) is 16.2 Å². The highest BCUT2D eigenvalue weighted by Crippen LogP contribution is 2.27. The highest BCUT2D eigenvalue weighted by molar-refractivity contribution is 5.03. The van der Waals surface area contributed by atoms with Gasteiger partial charge in [-0.3, -0.25) is 4.98 Å². The molecule has 0 spiro atoms. The Bertz CT molecular complexity index is 304. The number of rotatable bonds is 4. The van der Waals surface area contributed by atoms with Crippen LogP contribution in [0.25, 0.3) is 0 Å². The first kappa shape index (κ1) is 12.6. The van der Waals surface area contributed by atoms with Crippen LogP contribution in [0.1, 0.15) is 50.6 Å². The Morgan fingerprint density at radius 3 is 2.59 bits per heavy atom. The fraction of sp³-hybridized carbons (Fsp3) is 0.667. The summed E-state index contributed by atoms with van der Waals surface area (Å²) >= 11 is 0. The third kappa shape index (κ3) is 4.12. The van der Waals surface area contributed by atoms with Gasteiger partial charge in [-0.15, -0.1) is 0 Å². The zero-order chi connectivity index (χ0) is 11.9. The van der Waals surface area contributed by atoms with E-state index in [2.05, 4.69) is 4.98 Å². The Morgan fingerprint density at radius 1 is 1.18 bits per heavy atom. The molecule has 1 saturated carbocycles. The minimum Gasteiger partial charge on any atom is -0.393 e. The van der Waals surface area contributed by atoms with E-state index in [9.17, 15) is 5.11 Å². The van der Waals surface area contributed by atoms with E-state index in [0.29, 0.717) is 5.92 Å². The fourth-order valence-electron chi connectivity index (χ4n) is 2.77. The summed E-state index contributed by atoms with van der Waals surface area (Å²) in [6.07, 6.45) is 11.2. The van der Waals surface area contributed by atoms with Gasteiger partial charge in [0.2, 0.25) is 0 Å². The largest absolute Gasteiger partial charge is 0.393 e. The smallest absolute Gasteiger partial charge is 0.0572 e. The monoisotopic (exact) mass is 233 g/mol. The molecule has 1 fully saturated rings. The summed E-state index contributed by atoms with van der Waals surface area (Å²) in [6.45, 7) is 0. The predicted molar refractivity (Wildman–Crippen MR) is 69.8 cm³/mol. The van der Waals surface area contributed by atoms with Gasteiger partial charge in [-0.2, -0.15) is 0 Å².